The van der Waals surface area contributed by atoms with Crippen LogP contribution in [0.25, 0.3) is 0 Å². The third kappa shape index (κ3) is 8.74. The first-order valence-electron chi connectivity index (χ1n) is 6.19. The summed E-state index contributed by atoms with van der Waals surface area (Å²) in [6.45, 7) is 7.45. The second-order valence-electron chi connectivity index (χ2n) is 4.90. The molecule has 0 atom stereocenters. The Morgan fingerprint density at radius 1 is 1.32 bits per heavy atom. The molecular weight excluding hydrogens is 270 g/mol. The van der Waals surface area contributed by atoms with Crippen molar-refractivity contribution in [1.82, 2.24) is 0 Å². The Hall–Kier alpha value is -0.920. The van der Waals surface area contributed by atoms with Crippen LogP contribution in [0, 0.1) is 0 Å². The Morgan fingerprint density at radius 2 is 1.89 bits per heavy atom. The van der Waals surface area contributed by atoms with Crippen LogP contribution in [0.3, 0.4) is 0 Å². The van der Waals surface area contributed by atoms with E-state index in [0.717, 1.165) is 0 Å². The van der Waals surface area contributed by atoms with E-state index >= 15 is 0 Å². The maximum absolute atomic E-state index is 11.5. The van der Waals surface area contributed by atoms with E-state index in [0.29, 0.717) is 25.0 Å². The lowest BCUT2D eigenvalue weighted by Crippen LogP contribution is -2.43. The predicted molar refractivity (Wildman–Crippen MR) is 72.5 cm³/mol. The zero-order valence-corrected chi connectivity index (χ0v) is 13.0. The zero-order valence-electron chi connectivity index (χ0n) is 12.1. The normalized spacial score (nSPS) is 12.2. The summed E-state index contributed by atoms with van der Waals surface area (Å²) < 4.78 is 33.0. The molecule has 0 rings (SSSR count). The fraction of sp³-hybridized carbons (Fsp3) is 0.750. The first kappa shape index (κ1) is 18.1. The minimum atomic E-state index is -3.51. The van der Waals surface area contributed by atoms with Crippen LogP contribution in [-0.2, 0) is 23.9 Å². The number of esters is 1. The molecule has 6 nitrogen and oxygen atoms in total. The van der Waals surface area contributed by atoms with Crippen molar-refractivity contribution in [2.75, 3.05) is 33.0 Å². The number of hydrogen-bond acceptors (Lipinski definition) is 5. The number of hydrogen-bond donors (Lipinski definition) is 0. The number of rotatable bonds is 9. The van der Waals surface area contributed by atoms with Gasteiger partial charge in [0, 0.05) is 12.0 Å². The highest BCUT2D eigenvalue weighted by atomic mass is 32.2. The van der Waals surface area contributed by atoms with Crippen LogP contribution in [0.1, 0.15) is 26.7 Å². The van der Waals surface area contributed by atoms with E-state index in [1.807, 2.05) is 0 Å². The Kier molecular flexibility index (Phi) is 7.25. The summed E-state index contributed by atoms with van der Waals surface area (Å²) in [7, 11) is -0.213. The lowest BCUT2D eigenvalue weighted by molar-refractivity contribution is -1.05. The highest BCUT2D eigenvalue weighted by Crippen LogP contribution is 2.08. The molecule has 0 aliphatic heterocycles. The Bertz CT molecular complexity index is 414. The molecule has 19 heavy (non-hydrogen) atoms. The van der Waals surface area contributed by atoms with Crippen molar-refractivity contribution in [1.29, 1.82) is 0 Å². The summed E-state index contributed by atoms with van der Waals surface area (Å²) in [5.74, 6) is -0.441. The number of ether oxygens (including phenoxy) is 1. The minimum absolute atomic E-state index is 0.000670. The van der Waals surface area contributed by atoms with Gasteiger partial charge in [-0.1, -0.05) is 17.8 Å². The lowest BCUT2D eigenvalue weighted by atomic mass is 10.3. The fourth-order valence-corrected chi connectivity index (χ4v) is 2.63. The first-order valence-corrected chi connectivity index (χ1v) is 7.77. The Morgan fingerprint density at radius 3 is 2.37 bits per heavy atom. The molecule has 0 amide bonds. The second-order valence-corrected chi connectivity index (χ2v) is 6.58. The Balaban J connectivity index is 4.11. The van der Waals surface area contributed by atoms with Crippen molar-refractivity contribution in [3.63, 3.8) is 0 Å². The molecule has 0 heterocycles. The maximum atomic E-state index is 11.5. The molecule has 0 saturated carbocycles. The molecule has 0 aliphatic rings. The molecule has 0 spiro atoms. The van der Waals surface area contributed by atoms with Crippen LogP contribution in [-0.4, -0.2) is 52.0 Å². The van der Waals surface area contributed by atoms with Crippen LogP contribution in [0.4, 0.5) is 0 Å². The molecule has 112 valence electrons. The van der Waals surface area contributed by atoms with Crippen LogP contribution >= 0.6 is 0 Å². The van der Waals surface area contributed by atoms with Gasteiger partial charge in [0.2, 0.25) is 0 Å². The van der Waals surface area contributed by atoms with Crippen molar-refractivity contribution in [3.05, 3.63) is 12.2 Å². The number of carbonyl (C=O) groups excluding carboxylic acids is 1. The van der Waals surface area contributed by atoms with Crippen molar-refractivity contribution in [2.24, 2.45) is 0 Å². The minimum Gasteiger partial charge on any atom is -0.462 e. The van der Waals surface area contributed by atoms with E-state index in [-0.39, 0.29) is 17.0 Å². The molecule has 7 heteroatoms. The van der Waals surface area contributed by atoms with Crippen LogP contribution < -0.4 is 0 Å². The highest BCUT2D eigenvalue weighted by Gasteiger charge is 2.26. The summed E-state index contributed by atoms with van der Waals surface area (Å²) in [6, 6.07) is 0. The second kappa shape index (κ2) is 7.62. The molecule has 0 radical (unpaired) electrons. The van der Waals surface area contributed by atoms with Gasteiger partial charge in [0.1, 0.15) is 6.54 Å². The summed E-state index contributed by atoms with van der Waals surface area (Å²) >= 11 is 0. The molecule has 0 aliphatic carbocycles. The maximum Gasteiger partial charge on any atom is 0.333 e. The third-order valence-corrected chi connectivity index (χ3v) is 3.73. The number of nitrogens with zero attached hydrogens (tertiary/aromatic N) is 1. The van der Waals surface area contributed by atoms with Crippen LogP contribution in [0.15, 0.2) is 12.2 Å². The van der Waals surface area contributed by atoms with Gasteiger partial charge in [-0.15, -0.1) is 0 Å². The summed E-state index contributed by atoms with van der Waals surface area (Å²) in [4.78, 5) is 11.1. The number of hydroxylamine groups is 3. The van der Waals surface area contributed by atoms with Gasteiger partial charge in [0.25, 0.3) is 0 Å². The average molecular weight is 294 g/mol. The van der Waals surface area contributed by atoms with Crippen molar-refractivity contribution in [3.8, 4) is 0 Å². The van der Waals surface area contributed by atoms with Gasteiger partial charge in [-0.3, -0.25) is 0 Å². The van der Waals surface area contributed by atoms with Gasteiger partial charge < -0.3 is 4.74 Å². The van der Waals surface area contributed by atoms with E-state index in [1.165, 1.54) is 0 Å². The lowest BCUT2D eigenvalue weighted by Gasteiger charge is -2.25. The standard InChI is InChI=1S/C12H24NO5S/c1-6-10-19(15,16)18-13(4,5)8-7-9-17-12(14)11(2)3/h2,6-10H2,1,3-5H3/q+1. The molecule has 0 N–H and O–H groups in total. The monoisotopic (exact) mass is 294 g/mol. The van der Waals surface area contributed by atoms with Gasteiger partial charge in [0.05, 0.1) is 26.5 Å². The van der Waals surface area contributed by atoms with Crippen molar-refractivity contribution >= 4 is 16.1 Å². The van der Waals surface area contributed by atoms with E-state index in [9.17, 15) is 13.2 Å². The van der Waals surface area contributed by atoms with E-state index in [2.05, 4.69) is 6.58 Å². The van der Waals surface area contributed by atoms with E-state index in [1.54, 1.807) is 27.9 Å². The van der Waals surface area contributed by atoms with Gasteiger partial charge in [-0.05, 0) is 13.3 Å². The quantitative estimate of drug-likeness (QED) is 0.210. The molecular formula is C12H24NO5S+. The van der Waals surface area contributed by atoms with Gasteiger partial charge in [-0.2, -0.15) is 13.1 Å². The van der Waals surface area contributed by atoms with E-state index < -0.39 is 16.1 Å². The van der Waals surface area contributed by atoms with Crippen molar-refractivity contribution in [2.45, 2.75) is 26.7 Å². The topological polar surface area (TPSA) is 69.7 Å². The average Bonchev–Trinajstić information content (AvgIpc) is 2.21. The number of quaternary nitrogens is 1. The van der Waals surface area contributed by atoms with Gasteiger partial charge in [0.15, 0.2) is 0 Å². The summed E-state index contributed by atoms with van der Waals surface area (Å²) in [5, 5.41) is 0. The zero-order chi connectivity index (χ0) is 15.1. The summed E-state index contributed by atoms with van der Waals surface area (Å²) in [5.41, 5.74) is 0.343. The SMILES string of the molecule is C=C(C)C(=O)OCCC[N+](C)(C)OS(=O)(=O)CCC. The molecule has 0 aromatic heterocycles. The van der Waals surface area contributed by atoms with E-state index in [4.69, 9.17) is 9.02 Å². The smallest absolute Gasteiger partial charge is 0.333 e. The number of carbonyl (C=O) groups is 1. The predicted octanol–water partition coefficient (Wildman–Crippen LogP) is 1.24. The molecule has 0 unspecified atom stereocenters. The molecule has 0 saturated heterocycles. The van der Waals surface area contributed by atoms with Crippen LogP contribution in [0.5, 0.6) is 0 Å². The van der Waals surface area contributed by atoms with Crippen LogP contribution in [0.2, 0.25) is 0 Å². The largest absolute Gasteiger partial charge is 0.462 e. The molecule has 0 aromatic carbocycles. The highest BCUT2D eigenvalue weighted by molar-refractivity contribution is 7.86. The third-order valence-electron chi connectivity index (χ3n) is 2.19. The summed E-state index contributed by atoms with van der Waals surface area (Å²) in [6.07, 6.45) is 1.02. The molecule has 0 fully saturated rings. The first-order chi connectivity index (χ1) is 8.59. The van der Waals surface area contributed by atoms with Crippen molar-refractivity contribution < 1.29 is 26.9 Å². The Labute approximate surface area is 115 Å². The molecule has 0 aromatic rings. The molecule has 0 bridgehead atoms. The van der Waals surface area contributed by atoms with Gasteiger partial charge >= 0.3 is 16.1 Å². The fourth-order valence-electron chi connectivity index (χ4n) is 1.37. The van der Waals surface area contributed by atoms with Gasteiger partial charge in [-0.25, -0.2) is 4.79 Å².